The Morgan fingerprint density at radius 1 is 1.10 bits per heavy atom. The molecule has 0 atom stereocenters. The van der Waals surface area contributed by atoms with Crippen LogP contribution in [0.25, 0.3) is 0 Å². The van der Waals surface area contributed by atoms with E-state index in [1.807, 2.05) is 6.07 Å². The summed E-state index contributed by atoms with van der Waals surface area (Å²) in [6.07, 6.45) is 1.41. The normalized spacial score (nSPS) is 11.3. The van der Waals surface area contributed by atoms with Crippen molar-refractivity contribution < 1.29 is 17.6 Å². The number of hydrogen-bond donors (Lipinski definition) is 1. The van der Waals surface area contributed by atoms with Crippen molar-refractivity contribution in [2.75, 3.05) is 11.9 Å². The summed E-state index contributed by atoms with van der Waals surface area (Å²) in [7, 11) is -4.10. The molecule has 1 amide bonds. The minimum absolute atomic E-state index is 0.0773. The third-order valence-corrected chi connectivity index (χ3v) is 6.56. The molecule has 0 radical (unpaired) electrons. The predicted molar refractivity (Wildman–Crippen MR) is 113 cm³/mol. The van der Waals surface area contributed by atoms with E-state index < -0.39 is 22.5 Å². The van der Waals surface area contributed by atoms with E-state index >= 15 is 0 Å². The number of nitriles is 1. The van der Waals surface area contributed by atoms with Crippen molar-refractivity contribution in [2.24, 2.45) is 0 Å². The maximum absolute atomic E-state index is 13.2. The third kappa shape index (κ3) is 5.20. The van der Waals surface area contributed by atoms with Gasteiger partial charge >= 0.3 is 0 Å². The van der Waals surface area contributed by atoms with Gasteiger partial charge in [0.25, 0.3) is 0 Å². The Morgan fingerprint density at radius 2 is 1.90 bits per heavy atom. The fourth-order valence-electron chi connectivity index (χ4n) is 2.62. The van der Waals surface area contributed by atoms with Gasteiger partial charge in [0.15, 0.2) is 0 Å². The van der Waals surface area contributed by atoms with Crippen molar-refractivity contribution in [1.82, 2.24) is 4.31 Å². The maximum atomic E-state index is 13.2. The highest BCUT2D eigenvalue weighted by Gasteiger charge is 2.28. The standard InChI is InChI=1S/C20H15Cl2N3O4S/c21-18-7-6-17(10-19(18)22)30(27,28)25(12-16-5-2-8-29-16)13-20(26)24-15-4-1-3-14(9-15)11-23/h1-10H,12-13H2,(H,24,26). The summed E-state index contributed by atoms with van der Waals surface area (Å²) in [5.41, 5.74) is 0.743. The van der Waals surface area contributed by atoms with Crippen LogP contribution in [-0.2, 0) is 21.4 Å². The SMILES string of the molecule is N#Cc1cccc(NC(=O)CN(Cc2ccco2)S(=O)(=O)c2ccc(Cl)c(Cl)c2)c1. The van der Waals surface area contributed by atoms with E-state index in [0.717, 1.165) is 4.31 Å². The number of benzene rings is 2. The summed E-state index contributed by atoms with van der Waals surface area (Å²) >= 11 is 11.9. The molecule has 0 saturated carbocycles. The molecule has 30 heavy (non-hydrogen) atoms. The predicted octanol–water partition coefficient (Wildman–Crippen LogP) is 4.29. The van der Waals surface area contributed by atoms with Gasteiger partial charge in [0, 0.05) is 5.69 Å². The van der Waals surface area contributed by atoms with Gasteiger partial charge in [-0.3, -0.25) is 4.79 Å². The van der Waals surface area contributed by atoms with Crippen molar-refractivity contribution in [1.29, 1.82) is 5.26 Å². The first-order valence-corrected chi connectivity index (χ1v) is 10.8. The molecule has 0 saturated heterocycles. The van der Waals surface area contributed by atoms with Crippen molar-refractivity contribution in [2.45, 2.75) is 11.4 Å². The van der Waals surface area contributed by atoms with E-state index in [9.17, 15) is 13.2 Å². The number of nitrogens with zero attached hydrogens (tertiary/aromatic N) is 2. The number of halogens is 2. The number of sulfonamides is 1. The van der Waals surface area contributed by atoms with Crippen molar-refractivity contribution in [3.63, 3.8) is 0 Å². The molecule has 3 aromatic rings. The second kappa shape index (κ2) is 9.32. The summed E-state index contributed by atoms with van der Waals surface area (Å²) < 4.78 is 32.6. The van der Waals surface area contributed by atoms with Gasteiger partial charge in [-0.05, 0) is 48.5 Å². The first-order valence-electron chi connectivity index (χ1n) is 8.57. The first kappa shape index (κ1) is 21.9. The summed E-state index contributed by atoms with van der Waals surface area (Å²) in [5.74, 6) is -0.224. The number of hydrogen-bond acceptors (Lipinski definition) is 5. The van der Waals surface area contributed by atoms with Gasteiger partial charge in [0.05, 0.1) is 45.9 Å². The lowest BCUT2D eigenvalue weighted by Gasteiger charge is -2.21. The molecule has 7 nitrogen and oxygen atoms in total. The third-order valence-electron chi connectivity index (χ3n) is 4.04. The van der Waals surface area contributed by atoms with E-state index in [1.54, 1.807) is 30.3 Å². The molecular weight excluding hydrogens is 449 g/mol. The molecular formula is C20H15Cl2N3O4S. The fourth-order valence-corrected chi connectivity index (χ4v) is 4.37. The molecule has 0 bridgehead atoms. The van der Waals surface area contributed by atoms with Crippen LogP contribution in [0.1, 0.15) is 11.3 Å². The molecule has 0 aliphatic rings. The minimum atomic E-state index is -4.10. The zero-order valence-corrected chi connectivity index (χ0v) is 17.7. The zero-order valence-electron chi connectivity index (χ0n) is 15.4. The summed E-state index contributed by atoms with van der Waals surface area (Å²) in [5, 5.41) is 11.9. The van der Waals surface area contributed by atoms with E-state index in [1.165, 1.54) is 30.5 Å². The number of furan rings is 1. The van der Waals surface area contributed by atoms with Gasteiger partial charge in [-0.15, -0.1) is 0 Å². The number of carbonyl (C=O) groups excluding carboxylic acids is 1. The van der Waals surface area contributed by atoms with Crippen LogP contribution in [0.4, 0.5) is 5.69 Å². The van der Waals surface area contributed by atoms with E-state index in [2.05, 4.69) is 5.32 Å². The van der Waals surface area contributed by atoms with Crippen LogP contribution in [0.5, 0.6) is 0 Å². The number of amides is 1. The van der Waals surface area contributed by atoms with Crippen LogP contribution in [-0.4, -0.2) is 25.2 Å². The summed E-state index contributed by atoms with van der Waals surface area (Å²) in [4.78, 5) is 12.5. The molecule has 1 heterocycles. The van der Waals surface area contributed by atoms with E-state index in [0.29, 0.717) is 17.0 Å². The van der Waals surface area contributed by atoms with E-state index in [-0.39, 0.29) is 21.5 Å². The number of carbonyl (C=O) groups is 1. The fraction of sp³-hybridized carbons (Fsp3) is 0.100. The van der Waals surface area contributed by atoms with Crippen LogP contribution in [0.2, 0.25) is 10.0 Å². The molecule has 10 heteroatoms. The van der Waals surface area contributed by atoms with Crippen molar-refractivity contribution in [3.05, 3.63) is 82.2 Å². The zero-order chi connectivity index (χ0) is 21.7. The lowest BCUT2D eigenvalue weighted by atomic mass is 10.2. The maximum Gasteiger partial charge on any atom is 0.244 e. The quantitative estimate of drug-likeness (QED) is 0.562. The monoisotopic (exact) mass is 463 g/mol. The Morgan fingerprint density at radius 3 is 2.57 bits per heavy atom. The van der Waals surface area contributed by atoms with Crippen LogP contribution >= 0.6 is 23.2 Å². The van der Waals surface area contributed by atoms with Crippen LogP contribution < -0.4 is 5.32 Å². The first-order chi connectivity index (χ1) is 14.3. The highest BCUT2D eigenvalue weighted by molar-refractivity contribution is 7.89. The average molecular weight is 464 g/mol. The molecule has 154 valence electrons. The largest absolute Gasteiger partial charge is 0.468 e. The highest BCUT2D eigenvalue weighted by atomic mass is 35.5. The lowest BCUT2D eigenvalue weighted by Crippen LogP contribution is -2.37. The van der Waals surface area contributed by atoms with Gasteiger partial charge in [0.1, 0.15) is 5.76 Å². The molecule has 1 aromatic heterocycles. The minimum Gasteiger partial charge on any atom is -0.468 e. The molecule has 3 rings (SSSR count). The molecule has 0 spiro atoms. The Kier molecular flexibility index (Phi) is 6.80. The Balaban J connectivity index is 1.87. The van der Waals surface area contributed by atoms with Gasteiger partial charge in [0.2, 0.25) is 15.9 Å². The number of anilines is 1. The molecule has 0 aliphatic heterocycles. The Hall–Kier alpha value is -2.83. The molecule has 0 aliphatic carbocycles. The molecule has 0 fully saturated rings. The molecule has 2 aromatic carbocycles. The number of rotatable bonds is 7. The van der Waals surface area contributed by atoms with Crippen LogP contribution in [0.3, 0.4) is 0 Å². The Labute approximate surface area is 183 Å². The van der Waals surface area contributed by atoms with Gasteiger partial charge in [-0.25, -0.2) is 8.42 Å². The van der Waals surface area contributed by atoms with Gasteiger partial charge < -0.3 is 9.73 Å². The summed E-state index contributed by atoms with van der Waals surface area (Å²) in [6, 6.07) is 15.4. The Bertz CT molecular complexity index is 1210. The summed E-state index contributed by atoms with van der Waals surface area (Å²) in [6.45, 7) is -0.651. The van der Waals surface area contributed by atoms with E-state index in [4.69, 9.17) is 32.9 Å². The number of nitrogens with one attached hydrogen (secondary N) is 1. The van der Waals surface area contributed by atoms with Gasteiger partial charge in [-0.2, -0.15) is 9.57 Å². The lowest BCUT2D eigenvalue weighted by molar-refractivity contribution is -0.116. The molecule has 1 N–H and O–H groups in total. The van der Waals surface area contributed by atoms with Crippen LogP contribution in [0.15, 0.2) is 70.2 Å². The topological polar surface area (TPSA) is 103 Å². The average Bonchev–Trinajstić information content (AvgIpc) is 3.22. The second-order valence-electron chi connectivity index (χ2n) is 6.17. The van der Waals surface area contributed by atoms with Crippen molar-refractivity contribution in [3.8, 4) is 6.07 Å². The van der Waals surface area contributed by atoms with Gasteiger partial charge in [-0.1, -0.05) is 29.3 Å². The molecule has 0 unspecified atom stereocenters. The second-order valence-corrected chi connectivity index (χ2v) is 8.92. The smallest absolute Gasteiger partial charge is 0.244 e. The van der Waals surface area contributed by atoms with Crippen LogP contribution in [0, 0.1) is 11.3 Å². The van der Waals surface area contributed by atoms with Crippen molar-refractivity contribution >= 4 is 44.8 Å². The highest BCUT2D eigenvalue weighted by Crippen LogP contribution is 2.27.